The summed E-state index contributed by atoms with van der Waals surface area (Å²) in [6.45, 7) is 2.77. The largest absolute Gasteiger partial charge is 0.445 e. The molecule has 2 aliphatic rings. The molecule has 4 rings (SSSR count). The molecular weight excluding hydrogens is 370 g/mol. The van der Waals surface area contributed by atoms with Crippen molar-refractivity contribution in [2.24, 2.45) is 5.92 Å². The van der Waals surface area contributed by atoms with E-state index in [0.717, 1.165) is 28.8 Å². The number of hydrogen-bond donors (Lipinski definition) is 0. The molecule has 0 aliphatic carbocycles. The Hall–Kier alpha value is -2.08. The van der Waals surface area contributed by atoms with E-state index in [2.05, 4.69) is 31.9 Å². The maximum Gasteiger partial charge on any atom is 0.410 e. The van der Waals surface area contributed by atoms with Crippen molar-refractivity contribution in [3.63, 3.8) is 0 Å². The molecule has 124 valence electrons. The molecule has 0 spiro atoms. The van der Waals surface area contributed by atoms with E-state index in [-0.39, 0.29) is 6.09 Å². The maximum atomic E-state index is 12.3. The lowest BCUT2D eigenvalue weighted by molar-refractivity contribution is 0.103. The average molecular weight is 388 g/mol. The number of pyridine rings is 1. The van der Waals surface area contributed by atoms with Crippen LogP contribution in [0.2, 0.25) is 0 Å². The normalized spacial score (nSPS) is 22.0. The Morgan fingerprint density at radius 1 is 1.21 bits per heavy atom. The van der Waals surface area contributed by atoms with Gasteiger partial charge in [-0.05, 0) is 27.6 Å². The first kappa shape index (κ1) is 15.4. The molecule has 3 heterocycles. The van der Waals surface area contributed by atoms with Crippen LogP contribution in [-0.4, -0.2) is 41.7 Å². The molecule has 0 unspecified atom stereocenters. The molecule has 0 N–H and O–H groups in total. The Morgan fingerprint density at radius 3 is 2.83 bits per heavy atom. The number of carbonyl (C=O) groups is 1. The minimum absolute atomic E-state index is 0.222. The highest BCUT2D eigenvalue weighted by Gasteiger charge is 2.47. The van der Waals surface area contributed by atoms with Gasteiger partial charge in [0.25, 0.3) is 0 Å². The number of benzene rings is 1. The summed E-state index contributed by atoms with van der Waals surface area (Å²) in [5.41, 5.74) is 2.11. The summed E-state index contributed by atoms with van der Waals surface area (Å²) < 4.78 is 6.42. The van der Waals surface area contributed by atoms with Crippen LogP contribution in [0.4, 0.5) is 10.5 Å². The molecule has 0 radical (unpaired) electrons. The lowest BCUT2D eigenvalue weighted by Gasteiger charge is -2.45. The minimum atomic E-state index is -0.222. The number of fused-ring (bicyclic) bond motifs is 1. The van der Waals surface area contributed by atoms with Crippen LogP contribution in [0.3, 0.4) is 0 Å². The molecule has 2 atom stereocenters. The van der Waals surface area contributed by atoms with Gasteiger partial charge in [0, 0.05) is 36.2 Å². The van der Waals surface area contributed by atoms with E-state index in [9.17, 15) is 4.79 Å². The van der Waals surface area contributed by atoms with Crippen molar-refractivity contribution in [3.05, 3.63) is 58.8 Å². The topological polar surface area (TPSA) is 45.7 Å². The van der Waals surface area contributed by atoms with Gasteiger partial charge in [0.15, 0.2) is 0 Å². The quantitative estimate of drug-likeness (QED) is 0.810. The summed E-state index contributed by atoms with van der Waals surface area (Å²) in [7, 11) is 0. The van der Waals surface area contributed by atoms with E-state index in [1.54, 1.807) is 6.20 Å². The second kappa shape index (κ2) is 6.43. The van der Waals surface area contributed by atoms with Crippen LogP contribution in [0.1, 0.15) is 5.56 Å². The minimum Gasteiger partial charge on any atom is -0.445 e. The van der Waals surface area contributed by atoms with Crippen molar-refractivity contribution in [3.8, 4) is 0 Å². The number of amides is 1. The number of carbonyl (C=O) groups excluding carboxylic acids is 1. The lowest BCUT2D eigenvalue weighted by Crippen LogP contribution is -2.55. The summed E-state index contributed by atoms with van der Waals surface area (Å²) in [5.74, 6) is 0.522. The number of anilines is 1. The molecule has 1 amide bonds. The number of ether oxygens (including phenoxy) is 1. The van der Waals surface area contributed by atoms with E-state index in [1.807, 2.05) is 41.4 Å². The number of aromatic nitrogens is 1. The van der Waals surface area contributed by atoms with Crippen molar-refractivity contribution < 1.29 is 9.53 Å². The lowest BCUT2D eigenvalue weighted by atomic mass is 9.91. The molecule has 2 fully saturated rings. The predicted molar refractivity (Wildman–Crippen MR) is 94.8 cm³/mol. The summed E-state index contributed by atoms with van der Waals surface area (Å²) >= 11 is 3.46. The Labute approximate surface area is 149 Å². The number of rotatable bonds is 3. The van der Waals surface area contributed by atoms with Crippen molar-refractivity contribution in [1.82, 2.24) is 9.88 Å². The van der Waals surface area contributed by atoms with Crippen molar-refractivity contribution in [2.45, 2.75) is 12.6 Å². The first-order valence-corrected chi connectivity index (χ1v) is 8.83. The van der Waals surface area contributed by atoms with E-state index in [1.165, 1.54) is 0 Å². The number of likely N-dealkylation sites (tertiary alicyclic amines) is 1. The fourth-order valence-electron chi connectivity index (χ4n) is 3.45. The first-order valence-electron chi connectivity index (χ1n) is 8.03. The highest BCUT2D eigenvalue weighted by atomic mass is 79.9. The zero-order chi connectivity index (χ0) is 16.5. The fourth-order valence-corrected chi connectivity index (χ4v) is 3.80. The van der Waals surface area contributed by atoms with Gasteiger partial charge < -0.3 is 14.5 Å². The molecule has 24 heavy (non-hydrogen) atoms. The number of halogens is 1. The zero-order valence-electron chi connectivity index (χ0n) is 13.1. The summed E-state index contributed by atoms with van der Waals surface area (Å²) in [6, 6.07) is 12.2. The van der Waals surface area contributed by atoms with E-state index in [0.29, 0.717) is 25.1 Å². The molecule has 2 aliphatic heterocycles. The predicted octanol–water partition coefficient (Wildman–Crippen LogP) is 3.30. The Balaban J connectivity index is 1.34. The Bertz CT molecular complexity index is 740. The van der Waals surface area contributed by atoms with Crippen molar-refractivity contribution >= 4 is 27.7 Å². The third kappa shape index (κ3) is 2.98. The van der Waals surface area contributed by atoms with Crippen molar-refractivity contribution in [1.29, 1.82) is 0 Å². The number of hydrogen-bond acceptors (Lipinski definition) is 4. The highest BCUT2D eigenvalue weighted by Crippen LogP contribution is 2.37. The third-order valence-corrected chi connectivity index (χ3v) is 5.16. The molecular formula is C18H18BrN3O2. The van der Waals surface area contributed by atoms with E-state index < -0.39 is 0 Å². The molecule has 0 bridgehead atoms. The Morgan fingerprint density at radius 2 is 2.04 bits per heavy atom. The fraction of sp³-hybridized carbons (Fsp3) is 0.333. The Kier molecular flexibility index (Phi) is 4.14. The summed E-state index contributed by atoms with van der Waals surface area (Å²) in [5, 5.41) is 0. The van der Waals surface area contributed by atoms with Gasteiger partial charge in [0.1, 0.15) is 6.61 Å². The summed E-state index contributed by atoms with van der Waals surface area (Å²) in [6.07, 6.45) is 3.43. The van der Waals surface area contributed by atoms with Crippen LogP contribution < -0.4 is 4.90 Å². The van der Waals surface area contributed by atoms with Gasteiger partial charge in [0.2, 0.25) is 0 Å². The second-order valence-electron chi connectivity index (χ2n) is 6.29. The monoisotopic (exact) mass is 387 g/mol. The van der Waals surface area contributed by atoms with Gasteiger partial charge >= 0.3 is 6.09 Å². The SMILES string of the molecule is O=C(OCc1ccccc1)N1C[C@H]2CN(c3cncc(Br)c3)[C@H]2C1. The van der Waals surface area contributed by atoms with E-state index >= 15 is 0 Å². The van der Waals surface area contributed by atoms with E-state index in [4.69, 9.17) is 4.74 Å². The van der Waals surface area contributed by atoms with Crippen LogP contribution in [0.5, 0.6) is 0 Å². The van der Waals surface area contributed by atoms with Gasteiger partial charge in [-0.15, -0.1) is 0 Å². The number of nitrogens with zero attached hydrogens (tertiary/aromatic N) is 3. The average Bonchev–Trinajstić information content (AvgIpc) is 2.91. The van der Waals surface area contributed by atoms with Gasteiger partial charge in [-0.2, -0.15) is 0 Å². The highest BCUT2D eigenvalue weighted by molar-refractivity contribution is 9.10. The molecule has 1 aromatic carbocycles. The van der Waals surface area contributed by atoms with Crippen LogP contribution >= 0.6 is 15.9 Å². The first-order chi connectivity index (χ1) is 11.7. The van der Waals surface area contributed by atoms with Crippen LogP contribution in [0.25, 0.3) is 0 Å². The molecule has 1 aromatic heterocycles. The van der Waals surface area contributed by atoms with Gasteiger partial charge in [0.05, 0.1) is 17.9 Å². The maximum absolute atomic E-state index is 12.3. The standard InChI is InChI=1S/C18H18BrN3O2/c19-15-6-16(8-20-7-15)22-10-14-9-21(11-17(14)22)18(23)24-12-13-4-2-1-3-5-13/h1-8,14,17H,9-12H2/t14-,17-/m0/s1. The van der Waals surface area contributed by atoms with Crippen LogP contribution in [-0.2, 0) is 11.3 Å². The molecule has 2 saturated heterocycles. The smallest absolute Gasteiger partial charge is 0.410 e. The third-order valence-electron chi connectivity index (χ3n) is 4.72. The van der Waals surface area contributed by atoms with Crippen LogP contribution in [0.15, 0.2) is 53.3 Å². The second-order valence-corrected chi connectivity index (χ2v) is 7.20. The van der Waals surface area contributed by atoms with Crippen LogP contribution in [0, 0.1) is 5.92 Å². The zero-order valence-corrected chi connectivity index (χ0v) is 14.7. The van der Waals surface area contributed by atoms with Gasteiger partial charge in [-0.1, -0.05) is 30.3 Å². The molecule has 2 aromatic rings. The molecule has 0 saturated carbocycles. The molecule has 6 heteroatoms. The van der Waals surface area contributed by atoms with Gasteiger partial charge in [-0.3, -0.25) is 4.98 Å². The molecule has 5 nitrogen and oxygen atoms in total. The van der Waals surface area contributed by atoms with Gasteiger partial charge in [-0.25, -0.2) is 4.79 Å². The van der Waals surface area contributed by atoms with Crippen molar-refractivity contribution in [2.75, 3.05) is 24.5 Å². The summed E-state index contributed by atoms with van der Waals surface area (Å²) in [4.78, 5) is 20.7.